The minimum atomic E-state index is -0.527. The first-order valence-electron chi connectivity index (χ1n) is 9.98. The summed E-state index contributed by atoms with van der Waals surface area (Å²) >= 11 is 0. The van der Waals surface area contributed by atoms with Gasteiger partial charge < -0.3 is 21.3 Å². The van der Waals surface area contributed by atoms with E-state index in [0.717, 1.165) is 29.0 Å². The molecule has 0 unspecified atom stereocenters. The number of carbonyl (C=O) groups is 2. The predicted octanol–water partition coefficient (Wildman–Crippen LogP) is 4.08. The van der Waals surface area contributed by atoms with E-state index >= 15 is 0 Å². The zero-order valence-electron chi connectivity index (χ0n) is 17.5. The summed E-state index contributed by atoms with van der Waals surface area (Å²) in [6.07, 6.45) is 1.86. The number of fused-ring (bicyclic) bond motifs is 1. The van der Waals surface area contributed by atoms with E-state index in [0.29, 0.717) is 16.8 Å². The molecule has 1 heterocycles. The van der Waals surface area contributed by atoms with Crippen LogP contribution in [-0.4, -0.2) is 30.8 Å². The first-order chi connectivity index (χ1) is 14.9. The Morgan fingerprint density at radius 1 is 1.06 bits per heavy atom. The van der Waals surface area contributed by atoms with Crippen LogP contribution >= 0.6 is 0 Å². The number of anilines is 3. The Bertz CT molecular complexity index is 1200. The van der Waals surface area contributed by atoms with Crippen LogP contribution in [-0.2, 0) is 11.3 Å². The predicted molar refractivity (Wildman–Crippen MR) is 125 cm³/mol. The molecule has 0 saturated carbocycles. The molecule has 6 nitrogen and oxygen atoms in total. The molecule has 0 aliphatic carbocycles. The molecule has 4 rings (SSSR count). The highest BCUT2D eigenvalue weighted by molar-refractivity contribution is 6.35. The van der Waals surface area contributed by atoms with Crippen molar-refractivity contribution in [1.82, 2.24) is 4.90 Å². The first-order valence-corrected chi connectivity index (χ1v) is 9.98. The Morgan fingerprint density at radius 3 is 2.65 bits per heavy atom. The molecule has 3 aromatic rings. The van der Waals surface area contributed by atoms with Gasteiger partial charge in [0, 0.05) is 40.3 Å². The molecule has 0 saturated heterocycles. The minimum Gasteiger partial charge on any atom is -0.366 e. The van der Waals surface area contributed by atoms with Crippen molar-refractivity contribution in [2.24, 2.45) is 5.73 Å². The SMILES string of the molecule is CN(C)Cc1cccc(Nc2ccccc2/C=C2\C(=O)Nc3cc(C(N)=O)ccc32)c1. The second-order valence-electron chi connectivity index (χ2n) is 7.79. The van der Waals surface area contributed by atoms with Gasteiger partial charge in [-0.2, -0.15) is 0 Å². The lowest BCUT2D eigenvalue weighted by atomic mass is 10.0. The molecule has 0 spiro atoms. The van der Waals surface area contributed by atoms with Gasteiger partial charge in [0.1, 0.15) is 0 Å². The lowest BCUT2D eigenvalue weighted by Gasteiger charge is -2.13. The average Bonchev–Trinajstić information content (AvgIpc) is 3.03. The van der Waals surface area contributed by atoms with Gasteiger partial charge >= 0.3 is 0 Å². The van der Waals surface area contributed by atoms with Crippen molar-refractivity contribution >= 4 is 40.5 Å². The third-order valence-electron chi connectivity index (χ3n) is 5.05. The number of carbonyl (C=O) groups excluding carboxylic acids is 2. The largest absolute Gasteiger partial charge is 0.366 e. The van der Waals surface area contributed by atoms with Gasteiger partial charge in [-0.25, -0.2) is 0 Å². The van der Waals surface area contributed by atoms with E-state index in [2.05, 4.69) is 27.7 Å². The Labute approximate surface area is 181 Å². The normalized spacial score (nSPS) is 13.9. The summed E-state index contributed by atoms with van der Waals surface area (Å²) in [5.74, 6) is -0.736. The summed E-state index contributed by atoms with van der Waals surface area (Å²) in [6, 6.07) is 21.1. The standard InChI is InChI=1S/C25H24N4O2/c1-29(2)15-16-6-5-8-19(12-16)27-22-9-4-3-7-17(22)13-21-20-11-10-18(24(26)30)14-23(20)28-25(21)31/h3-14,27H,15H2,1-2H3,(H2,26,30)(H,28,31)/b21-13-. The van der Waals surface area contributed by atoms with Crippen molar-refractivity contribution in [2.45, 2.75) is 6.54 Å². The van der Waals surface area contributed by atoms with Crippen molar-refractivity contribution < 1.29 is 9.59 Å². The molecule has 156 valence electrons. The van der Waals surface area contributed by atoms with Crippen LogP contribution in [0.5, 0.6) is 0 Å². The highest BCUT2D eigenvalue weighted by Crippen LogP contribution is 2.35. The van der Waals surface area contributed by atoms with Crippen LogP contribution in [0.25, 0.3) is 11.6 Å². The van der Waals surface area contributed by atoms with E-state index in [9.17, 15) is 9.59 Å². The number of rotatable bonds is 6. The van der Waals surface area contributed by atoms with Crippen molar-refractivity contribution in [1.29, 1.82) is 0 Å². The Balaban J connectivity index is 1.67. The van der Waals surface area contributed by atoms with Crippen LogP contribution in [0.2, 0.25) is 0 Å². The van der Waals surface area contributed by atoms with Crippen molar-refractivity contribution in [3.05, 3.63) is 89.0 Å². The number of benzene rings is 3. The molecule has 4 N–H and O–H groups in total. The molecule has 0 fully saturated rings. The highest BCUT2D eigenvalue weighted by atomic mass is 16.2. The third-order valence-corrected chi connectivity index (χ3v) is 5.05. The summed E-state index contributed by atoms with van der Waals surface area (Å²) in [7, 11) is 4.08. The van der Waals surface area contributed by atoms with Crippen molar-refractivity contribution in [3.8, 4) is 0 Å². The van der Waals surface area contributed by atoms with Gasteiger partial charge in [-0.05, 0) is 61.6 Å². The zero-order chi connectivity index (χ0) is 22.0. The number of hydrogen-bond donors (Lipinski definition) is 3. The van der Waals surface area contributed by atoms with E-state index in [1.165, 1.54) is 5.56 Å². The summed E-state index contributed by atoms with van der Waals surface area (Å²) in [4.78, 5) is 26.2. The van der Waals surface area contributed by atoms with E-state index in [-0.39, 0.29) is 5.91 Å². The lowest BCUT2D eigenvalue weighted by molar-refractivity contribution is -0.110. The number of nitrogens with one attached hydrogen (secondary N) is 2. The van der Waals surface area contributed by atoms with Crippen LogP contribution in [0.4, 0.5) is 17.1 Å². The van der Waals surface area contributed by atoms with Gasteiger partial charge in [0.15, 0.2) is 0 Å². The Kier molecular flexibility index (Phi) is 5.56. The Morgan fingerprint density at radius 2 is 1.87 bits per heavy atom. The van der Waals surface area contributed by atoms with Crippen LogP contribution in [0.1, 0.15) is 27.0 Å². The molecule has 0 atom stereocenters. The van der Waals surface area contributed by atoms with Crippen molar-refractivity contribution in [3.63, 3.8) is 0 Å². The zero-order valence-corrected chi connectivity index (χ0v) is 17.5. The number of para-hydroxylation sites is 1. The van der Waals surface area contributed by atoms with Crippen LogP contribution in [0.15, 0.2) is 66.7 Å². The number of primary amides is 1. The molecule has 0 aromatic heterocycles. The fraction of sp³-hybridized carbons (Fsp3) is 0.120. The molecule has 1 aliphatic rings. The van der Waals surface area contributed by atoms with Gasteiger partial charge in [-0.15, -0.1) is 0 Å². The van der Waals surface area contributed by atoms with Crippen LogP contribution in [0, 0.1) is 0 Å². The number of hydrogen-bond acceptors (Lipinski definition) is 4. The maximum absolute atomic E-state index is 12.6. The van der Waals surface area contributed by atoms with Crippen molar-refractivity contribution in [2.75, 3.05) is 24.7 Å². The number of nitrogens with zero attached hydrogens (tertiary/aromatic N) is 1. The topological polar surface area (TPSA) is 87.5 Å². The van der Waals surface area contributed by atoms with Gasteiger partial charge in [-0.3, -0.25) is 9.59 Å². The lowest BCUT2D eigenvalue weighted by Crippen LogP contribution is -2.11. The van der Waals surface area contributed by atoms with E-state index < -0.39 is 5.91 Å². The van der Waals surface area contributed by atoms with Gasteiger partial charge in [0.25, 0.3) is 5.91 Å². The van der Waals surface area contributed by atoms with Crippen LogP contribution < -0.4 is 16.4 Å². The van der Waals surface area contributed by atoms with E-state index in [4.69, 9.17) is 5.73 Å². The second-order valence-corrected chi connectivity index (χ2v) is 7.79. The smallest absolute Gasteiger partial charge is 0.256 e. The summed E-state index contributed by atoms with van der Waals surface area (Å²) < 4.78 is 0. The Hall–Kier alpha value is -3.90. The monoisotopic (exact) mass is 412 g/mol. The van der Waals surface area contributed by atoms with E-state index in [1.54, 1.807) is 18.2 Å². The maximum Gasteiger partial charge on any atom is 0.256 e. The molecule has 1 aliphatic heterocycles. The second kappa shape index (κ2) is 8.45. The van der Waals surface area contributed by atoms with Gasteiger partial charge in [0.2, 0.25) is 5.91 Å². The molecule has 0 bridgehead atoms. The fourth-order valence-corrected chi connectivity index (χ4v) is 3.65. The maximum atomic E-state index is 12.6. The summed E-state index contributed by atoms with van der Waals surface area (Å²) in [5, 5.41) is 6.28. The molecular weight excluding hydrogens is 388 g/mol. The highest BCUT2D eigenvalue weighted by Gasteiger charge is 2.25. The van der Waals surface area contributed by atoms with Crippen LogP contribution in [0.3, 0.4) is 0 Å². The number of nitrogens with two attached hydrogens (primary N) is 1. The molecule has 6 heteroatoms. The van der Waals surface area contributed by atoms with Gasteiger partial charge in [-0.1, -0.05) is 36.4 Å². The van der Waals surface area contributed by atoms with E-state index in [1.807, 2.05) is 56.6 Å². The first kappa shape index (κ1) is 20.4. The molecular formula is C25H24N4O2. The quantitative estimate of drug-likeness (QED) is 0.532. The molecule has 3 aromatic carbocycles. The molecule has 0 radical (unpaired) electrons. The number of amides is 2. The molecule has 31 heavy (non-hydrogen) atoms. The summed E-state index contributed by atoms with van der Waals surface area (Å²) in [6.45, 7) is 0.853. The third kappa shape index (κ3) is 4.49. The minimum absolute atomic E-state index is 0.209. The summed E-state index contributed by atoms with van der Waals surface area (Å²) in [5.41, 5.74) is 11.6. The average molecular weight is 412 g/mol. The fourth-order valence-electron chi connectivity index (χ4n) is 3.65. The molecule has 2 amide bonds. The van der Waals surface area contributed by atoms with Gasteiger partial charge in [0.05, 0.1) is 0 Å².